The molecule has 0 atom stereocenters. The van der Waals surface area contributed by atoms with E-state index >= 15 is 0 Å². The topological polar surface area (TPSA) is 82.2 Å². The number of primary amides is 1. The zero-order valence-electron chi connectivity index (χ0n) is 13.7. The van der Waals surface area contributed by atoms with E-state index in [1.807, 2.05) is 6.07 Å². The van der Waals surface area contributed by atoms with Gasteiger partial charge in [-0.3, -0.25) is 4.79 Å². The molecule has 0 aliphatic heterocycles. The Bertz CT molecular complexity index is 752. The van der Waals surface area contributed by atoms with Crippen molar-refractivity contribution >= 4 is 15.9 Å². The van der Waals surface area contributed by atoms with Gasteiger partial charge in [0.25, 0.3) is 10.0 Å². The number of rotatable bonds is 10. The maximum Gasteiger partial charge on any atom is 0.267 e. The third-order valence-electron chi connectivity index (χ3n) is 3.94. The van der Waals surface area contributed by atoms with Crippen LogP contribution in [0.15, 0.2) is 53.7 Å². The fourth-order valence-electron chi connectivity index (χ4n) is 2.59. The van der Waals surface area contributed by atoms with E-state index in [4.69, 9.17) is 5.73 Å². The van der Waals surface area contributed by atoms with E-state index in [9.17, 15) is 13.2 Å². The molecule has 1 aromatic heterocycles. The molecule has 0 saturated heterocycles. The van der Waals surface area contributed by atoms with E-state index in [1.54, 1.807) is 42.7 Å². The van der Waals surface area contributed by atoms with Gasteiger partial charge in [0, 0.05) is 18.8 Å². The Morgan fingerprint density at radius 2 is 1.62 bits per heavy atom. The highest BCUT2D eigenvalue weighted by molar-refractivity contribution is 7.90. The number of hydrogen-bond acceptors (Lipinski definition) is 3. The maximum atomic E-state index is 12.5. The summed E-state index contributed by atoms with van der Waals surface area (Å²) in [6.07, 6.45) is 9.60. The molecule has 2 rings (SSSR count). The van der Waals surface area contributed by atoms with Crippen LogP contribution in [0.5, 0.6) is 0 Å². The summed E-state index contributed by atoms with van der Waals surface area (Å²) >= 11 is 0. The first kappa shape index (κ1) is 18.3. The van der Waals surface area contributed by atoms with Crippen molar-refractivity contribution in [2.45, 2.75) is 49.8 Å². The second-order valence-corrected chi connectivity index (χ2v) is 7.75. The van der Waals surface area contributed by atoms with Gasteiger partial charge in [-0.15, -0.1) is 0 Å². The van der Waals surface area contributed by atoms with Crippen molar-refractivity contribution in [1.29, 1.82) is 0 Å². The number of unbranched alkanes of at least 4 members (excludes halogenated alkanes) is 4. The van der Waals surface area contributed by atoms with Gasteiger partial charge >= 0.3 is 0 Å². The molecule has 0 aliphatic rings. The Morgan fingerprint density at radius 1 is 0.958 bits per heavy atom. The highest BCUT2D eigenvalue weighted by Crippen LogP contribution is 2.16. The Morgan fingerprint density at radius 3 is 2.33 bits per heavy atom. The Kier molecular flexibility index (Phi) is 6.61. The summed E-state index contributed by atoms with van der Waals surface area (Å²) in [5.74, 6) is -0.240. The molecule has 2 N–H and O–H groups in total. The highest BCUT2D eigenvalue weighted by Gasteiger charge is 2.15. The molecule has 0 aliphatic carbocycles. The maximum absolute atomic E-state index is 12.5. The van der Waals surface area contributed by atoms with Gasteiger partial charge in [-0.05, 0) is 43.0 Å². The molecule has 0 bridgehead atoms. The SMILES string of the molecule is NC(=O)CCCCCCCc1ccn(S(=O)(=O)c2ccccc2)c1. The predicted molar refractivity (Wildman–Crippen MR) is 94.1 cm³/mol. The number of benzene rings is 1. The first-order valence-corrected chi connectivity index (χ1v) is 9.70. The monoisotopic (exact) mass is 348 g/mol. The minimum absolute atomic E-state index is 0.240. The van der Waals surface area contributed by atoms with Crippen molar-refractivity contribution < 1.29 is 13.2 Å². The van der Waals surface area contributed by atoms with Crippen molar-refractivity contribution in [2.24, 2.45) is 5.73 Å². The predicted octanol–water partition coefficient (Wildman–Crippen LogP) is 3.09. The summed E-state index contributed by atoms with van der Waals surface area (Å²) in [4.78, 5) is 10.9. The van der Waals surface area contributed by atoms with Crippen LogP contribution >= 0.6 is 0 Å². The normalized spacial score (nSPS) is 11.5. The fourth-order valence-corrected chi connectivity index (χ4v) is 3.83. The van der Waals surface area contributed by atoms with Crippen LogP contribution in [0.4, 0.5) is 0 Å². The molecular weight excluding hydrogens is 324 g/mol. The van der Waals surface area contributed by atoms with Gasteiger partial charge in [0.1, 0.15) is 0 Å². The summed E-state index contributed by atoms with van der Waals surface area (Å²) in [7, 11) is -3.50. The Balaban J connectivity index is 1.80. The summed E-state index contributed by atoms with van der Waals surface area (Å²) in [6, 6.07) is 10.3. The van der Waals surface area contributed by atoms with Gasteiger partial charge in [-0.1, -0.05) is 37.5 Å². The number of carbonyl (C=O) groups is 1. The van der Waals surface area contributed by atoms with Gasteiger partial charge in [0.15, 0.2) is 0 Å². The van der Waals surface area contributed by atoms with Crippen LogP contribution in [0.25, 0.3) is 0 Å². The Hall–Kier alpha value is -2.08. The quantitative estimate of drug-likeness (QED) is 0.670. The largest absolute Gasteiger partial charge is 0.370 e. The van der Waals surface area contributed by atoms with E-state index in [0.29, 0.717) is 11.3 Å². The van der Waals surface area contributed by atoms with E-state index in [2.05, 4.69) is 0 Å². The van der Waals surface area contributed by atoms with Crippen molar-refractivity contribution in [3.63, 3.8) is 0 Å². The number of amides is 1. The molecule has 1 heterocycles. The summed E-state index contributed by atoms with van der Waals surface area (Å²) in [6.45, 7) is 0. The van der Waals surface area contributed by atoms with Crippen LogP contribution in [0.3, 0.4) is 0 Å². The lowest BCUT2D eigenvalue weighted by Crippen LogP contribution is -2.10. The van der Waals surface area contributed by atoms with Crippen molar-refractivity contribution in [3.05, 3.63) is 54.4 Å². The molecule has 0 spiro atoms. The second-order valence-electron chi connectivity index (χ2n) is 5.90. The van der Waals surface area contributed by atoms with Crippen LogP contribution in [0.2, 0.25) is 0 Å². The first-order chi connectivity index (χ1) is 11.5. The lowest BCUT2D eigenvalue weighted by atomic mass is 10.1. The van der Waals surface area contributed by atoms with Crippen molar-refractivity contribution in [1.82, 2.24) is 3.97 Å². The minimum atomic E-state index is -3.50. The van der Waals surface area contributed by atoms with E-state index < -0.39 is 10.0 Å². The number of nitrogens with zero attached hydrogens (tertiary/aromatic N) is 1. The Labute approximate surface area is 143 Å². The van der Waals surface area contributed by atoms with Crippen LogP contribution in [0, 0.1) is 0 Å². The minimum Gasteiger partial charge on any atom is -0.370 e. The van der Waals surface area contributed by atoms with Gasteiger partial charge in [-0.2, -0.15) is 0 Å². The van der Waals surface area contributed by atoms with Crippen LogP contribution in [0.1, 0.15) is 44.1 Å². The van der Waals surface area contributed by atoms with Gasteiger partial charge in [0.2, 0.25) is 5.91 Å². The lowest BCUT2D eigenvalue weighted by molar-refractivity contribution is -0.118. The average molecular weight is 348 g/mol. The number of nitrogens with two attached hydrogens (primary N) is 1. The first-order valence-electron chi connectivity index (χ1n) is 8.26. The fraction of sp³-hybridized carbons (Fsp3) is 0.389. The molecule has 1 amide bonds. The third kappa shape index (κ3) is 5.23. The van der Waals surface area contributed by atoms with Crippen LogP contribution in [-0.2, 0) is 21.2 Å². The number of aromatic nitrogens is 1. The third-order valence-corrected chi connectivity index (χ3v) is 5.59. The summed E-state index contributed by atoms with van der Waals surface area (Å²) in [5.41, 5.74) is 6.12. The zero-order chi connectivity index (χ0) is 17.4. The zero-order valence-corrected chi connectivity index (χ0v) is 14.5. The smallest absolute Gasteiger partial charge is 0.267 e. The molecule has 24 heavy (non-hydrogen) atoms. The average Bonchev–Trinajstić information content (AvgIpc) is 3.04. The van der Waals surface area contributed by atoms with Crippen molar-refractivity contribution in [3.8, 4) is 0 Å². The number of hydrogen-bond donors (Lipinski definition) is 1. The molecule has 0 radical (unpaired) electrons. The second kappa shape index (κ2) is 8.68. The highest BCUT2D eigenvalue weighted by atomic mass is 32.2. The molecule has 0 unspecified atom stereocenters. The van der Waals surface area contributed by atoms with Crippen LogP contribution < -0.4 is 5.73 Å². The van der Waals surface area contributed by atoms with Crippen molar-refractivity contribution in [2.75, 3.05) is 0 Å². The van der Waals surface area contributed by atoms with E-state index in [0.717, 1.165) is 44.1 Å². The lowest BCUT2D eigenvalue weighted by Gasteiger charge is -2.05. The van der Waals surface area contributed by atoms with E-state index in [1.165, 1.54) is 3.97 Å². The molecule has 6 heteroatoms. The molecular formula is C18H24N2O3S. The molecule has 5 nitrogen and oxygen atoms in total. The van der Waals surface area contributed by atoms with E-state index in [-0.39, 0.29) is 5.91 Å². The molecule has 2 aromatic rings. The van der Waals surface area contributed by atoms with Crippen LogP contribution in [-0.4, -0.2) is 18.3 Å². The summed E-state index contributed by atoms with van der Waals surface area (Å²) in [5, 5.41) is 0. The molecule has 130 valence electrons. The number of carbonyl (C=O) groups excluding carboxylic acids is 1. The molecule has 1 aromatic carbocycles. The van der Waals surface area contributed by atoms with Gasteiger partial charge in [0.05, 0.1) is 4.90 Å². The molecule has 0 fully saturated rings. The number of aryl methyl sites for hydroxylation is 1. The summed E-state index contributed by atoms with van der Waals surface area (Å²) < 4.78 is 26.2. The standard InChI is InChI=1S/C18H24N2O3S/c19-18(21)12-8-3-1-2-5-9-16-13-14-20(15-16)24(22,23)17-10-6-4-7-11-17/h4,6-7,10-11,13-15H,1-3,5,8-9,12H2,(H2,19,21). The molecule has 0 saturated carbocycles. The van der Waals surface area contributed by atoms with Gasteiger partial charge < -0.3 is 5.73 Å². The van der Waals surface area contributed by atoms with Gasteiger partial charge in [-0.25, -0.2) is 12.4 Å².